The Balaban J connectivity index is 1.67. The number of carboxylic acids is 1. The zero-order chi connectivity index (χ0) is 21.6. The molecule has 10 heteroatoms. The first-order valence-corrected chi connectivity index (χ1v) is 10.8. The van der Waals surface area contributed by atoms with Crippen LogP contribution in [0.4, 0.5) is 5.00 Å². The van der Waals surface area contributed by atoms with E-state index in [1.54, 1.807) is 23.6 Å². The third kappa shape index (κ3) is 3.58. The molecule has 1 amide bonds. The topological polar surface area (TPSA) is 102 Å². The zero-order valence-corrected chi connectivity index (χ0v) is 18.0. The number of carbonyl (C=O) groups excluding carboxylic acids is 2. The van der Waals surface area contributed by atoms with Crippen molar-refractivity contribution in [2.45, 2.75) is 25.0 Å². The number of halogens is 2. The van der Waals surface area contributed by atoms with Crippen molar-refractivity contribution < 1.29 is 29.0 Å². The first kappa shape index (κ1) is 21.1. The number of carbonyl (C=O) groups is 3. The van der Waals surface area contributed by atoms with Gasteiger partial charge in [0, 0.05) is 10.9 Å². The summed E-state index contributed by atoms with van der Waals surface area (Å²) < 4.78 is 10.6. The van der Waals surface area contributed by atoms with E-state index in [9.17, 15) is 19.5 Å². The van der Waals surface area contributed by atoms with Crippen LogP contribution in [-0.4, -0.2) is 42.3 Å². The Morgan fingerprint density at radius 2 is 1.87 bits per heavy atom. The van der Waals surface area contributed by atoms with Crippen LogP contribution in [0.1, 0.15) is 23.2 Å². The Morgan fingerprint density at radius 3 is 2.50 bits per heavy atom. The minimum Gasteiger partial charge on any atom is -0.481 e. The molecule has 7 nitrogen and oxygen atoms in total. The molecule has 30 heavy (non-hydrogen) atoms. The van der Waals surface area contributed by atoms with Crippen molar-refractivity contribution >= 4 is 57.4 Å². The third-order valence-electron chi connectivity index (χ3n) is 5.51. The second-order valence-corrected chi connectivity index (χ2v) is 8.84. The van der Waals surface area contributed by atoms with E-state index in [2.05, 4.69) is 5.32 Å². The second kappa shape index (κ2) is 8.19. The number of aliphatic carboxylic acids is 1. The molecule has 0 aliphatic carbocycles. The predicted octanol–water partition coefficient (Wildman–Crippen LogP) is 4.33. The van der Waals surface area contributed by atoms with Crippen LogP contribution in [0.25, 0.3) is 11.1 Å². The van der Waals surface area contributed by atoms with Crippen molar-refractivity contribution in [2.75, 3.05) is 12.4 Å². The molecule has 1 aromatic heterocycles. The number of methoxy groups -OCH3 is 1. The highest BCUT2D eigenvalue weighted by molar-refractivity contribution is 7.15. The van der Waals surface area contributed by atoms with Gasteiger partial charge in [-0.05, 0) is 30.5 Å². The van der Waals surface area contributed by atoms with Crippen molar-refractivity contribution in [1.29, 1.82) is 0 Å². The average molecular weight is 470 g/mol. The van der Waals surface area contributed by atoms with E-state index >= 15 is 0 Å². The highest BCUT2D eigenvalue weighted by atomic mass is 35.5. The van der Waals surface area contributed by atoms with Crippen LogP contribution < -0.4 is 5.32 Å². The number of rotatable bonds is 5. The number of hydrogen-bond donors (Lipinski definition) is 2. The number of fused-ring (bicyclic) bond motifs is 2. The molecule has 3 heterocycles. The van der Waals surface area contributed by atoms with Crippen molar-refractivity contribution in [3.63, 3.8) is 0 Å². The Hall–Kier alpha value is -2.13. The van der Waals surface area contributed by atoms with Gasteiger partial charge in [-0.3, -0.25) is 9.59 Å². The van der Waals surface area contributed by atoms with E-state index < -0.39 is 41.9 Å². The van der Waals surface area contributed by atoms with Gasteiger partial charge < -0.3 is 19.9 Å². The minimum atomic E-state index is -1.06. The summed E-state index contributed by atoms with van der Waals surface area (Å²) in [5.74, 6) is -3.89. The smallest absolute Gasteiger partial charge is 0.341 e. The first-order valence-electron chi connectivity index (χ1n) is 9.16. The highest BCUT2D eigenvalue weighted by Crippen LogP contribution is 2.45. The third-order valence-corrected chi connectivity index (χ3v) is 7.14. The molecular weight excluding hydrogens is 453 g/mol. The summed E-state index contributed by atoms with van der Waals surface area (Å²) in [6, 6.07) is 4.94. The molecule has 2 saturated heterocycles. The monoisotopic (exact) mass is 469 g/mol. The summed E-state index contributed by atoms with van der Waals surface area (Å²) in [5, 5.41) is 15.0. The Kier molecular flexibility index (Phi) is 5.76. The van der Waals surface area contributed by atoms with Gasteiger partial charge in [0.15, 0.2) is 0 Å². The van der Waals surface area contributed by atoms with Crippen molar-refractivity contribution in [1.82, 2.24) is 0 Å². The lowest BCUT2D eigenvalue weighted by molar-refractivity contribution is -0.147. The number of thiophene rings is 1. The normalized spacial score (nSPS) is 24.6. The van der Waals surface area contributed by atoms with Gasteiger partial charge >= 0.3 is 11.9 Å². The summed E-state index contributed by atoms with van der Waals surface area (Å²) in [6.45, 7) is 0. The maximum atomic E-state index is 13.0. The molecule has 4 rings (SSSR count). The number of amides is 1. The largest absolute Gasteiger partial charge is 0.481 e. The number of carboxylic acid groups (broad SMARTS) is 1. The summed E-state index contributed by atoms with van der Waals surface area (Å²) in [4.78, 5) is 37.2. The quantitative estimate of drug-likeness (QED) is 0.631. The van der Waals surface area contributed by atoms with Gasteiger partial charge in [-0.15, -0.1) is 11.3 Å². The van der Waals surface area contributed by atoms with E-state index in [0.717, 1.165) is 11.3 Å². The van der Waals surface area contributed by atoms with Crippen LogP contribution in [0.15, 0.2) is 23.6 Å². The standard InChI is InChI=1S/C20H17Cl2NO6S/c1-28-20(27)14-9(8-2-3-10(21)11(22)6-8)7-30-18(14)23-17(24)15-12-4-5-13(29-12)16(15)19(25)26/h2-3,6-7,12-13,15-16H,4-5H2,1H3,(H,23,24)(H,25,26)/t12-,13+,15+,16+/m1/s1. The molecular formula is C20H17Cl2NO6S. The number of nitrogens with one attached hydrogen (secondary N) is 1. The molecule has 0 radical (unpaired) electrons. The number of hydrogen-bond acceptors (Lipinski definition) is 6. The fourth-order valence-electron chi connectivity index (χ4n) is 4.15. The molecule has 2 bridgehead atoms. The fraction of sp³-hybridized carbons (Fsp3) is 0.350. The van der Waals surface area contributed by atoms with Crippen molar-refractivity contribution in [3.05, 3.63) is 39.2 Å². The average Bonchev–Trinajstić information content (AvgIpc) is 3.43. The highest BCUT2D eigenvalue weighted by Gasteiger charge is 2.55. The Morgan fingerprint density at radius 1 is 1.17 bits per heavy atom. The van der Waals surface area contributed by atoms with E-state index in [1.807, 2.05) is 0 Å². The molecule has 2 aliphatic rings. The number of esters is 1. The van der Waals surface area contributed by atoms with Gasteiger partial charge in [0.1, 0.15) is 10.6 Å². The van der Waals surface area contributed by atoms with Gasteiger partial charge in [0.2, 0.25) is 5.91 Å². The van der Waals surface area contributed by atoms with E-state index in [1.165, 1.54) is 7.11 Å². The molecule has 4 atom stereocenters. The maximum absolute atomic E-state index is 13.0. The van der Waals surface area contributed by atoms with E-state index in [4.69, 9.17) is 32.7 Å². The predicted molar refractivity (Wildman–Crippen MR) is 112 cm³/mol. The van der Waals surface area contributed by atoms with Gasteiger partial charge in [-0.25, -0.2) is 4.79 Å². The van der Waals surface area contributed by atoms with Gasteiger partial charge in [-0.2, -0.15) is 0 Å². The molecule has 0 unspecified atom stereocenters. The van der Waals surface area contributed by atoms with Crippen LogP contribution in [0.5, 0.6) is 0 Å². The van der Waals surface area contributed by atoms with Crippen LogP contribution in [-0.2, 0) is 19.1 Å². The maximum Gasteiger partial charge on any atom is 0.341 e. The molecule has 2 aliphatic heterocycles. The fourth-order valence-corrected chi connectivity index (χ4v) is 5.41. The molecule has 2 fully saturated rings. The minimum absolute atomic E-state index is 0.171. The van der Waals surface area contributed by atoms with Crippen molar-refractivity contribution in [3.8, 4) is 11.1 Å². The van der Waals surface area contributed by atoms with Crippen LogP contribution in [0, 0.1) is 11.8 Å². The van der Waals surface area contributed by atoms with Crippen LogP contribution >= 0.6 is 34.5 Å². The summed E-state index contributed by atoms with van der Waals surface area (Å²) in [7, 11) is 1.24. The number of anilines is 1. The molecule has 2 aromatic rings. The molecule has 0 saturated carbocycles. The van der Waals surface area contributed by atoms with Gasteiger partial charge in [0.05, 0.1) is 41.2 Å². The van der Waals surface area contributed by atoms with Crippen molar-refractivity contribution in [2.24, 2.45) is 11.8 Å². The molecule has 158 valence electrons. The van der Waals surface area contributed by atoms with E-state index in [-0.39, 0.29) is 10.6 Å². The zero-order valence-electron chi connectivity index (χ0n) is 15.7. The Labute approximate surface area is 185 Å². The molecule has 0 spiro atoms. The van der Waals surface area contributed by atoms with Crippen LogP contribution in [0.2, 0.25) is 10.0 Å². The summed E-state index contributed by atoms with van der Waals surface area (Å²) in [5.41, 5.74) is 1.33. The van der Waals surface area contributed by atoms with Gasteiger partial charge in [0.25, 0.3) is 0 Å². The SMILES string of the molecule is COC(=O)c1c(-c2ccc(Cl)c(Cl)c2)csc1NC(=O)[C@@H]1[C@@H](C(=O)O)[C@@H]2CC[C@H]1O2. The lowest BCUT2D eigenvalue weighted by Crippen LogP contribution is -2.41. The second-order valence-electron chi connectivity index (χ2n) is 7.14. The Bertz CT molecular complexity index is 1040. The van der Waals surface area contributed by atoms with Gasteiger partial charge in [-0.1, -0.05) is 29.3 Å². The lowest BCUT2D eigenvalue weighted by atomic mass is 9.79. The lowest BCUT2D eigenvalue weighted by Gasteiger charge is -2.23. The summed E-state index contributed by atoms with van der Waals surface area (Å²) >= 11 is 13.2. The van der Waals surface area contributed by atoms with E-state index in [0.29, 0.717) is 34.0 Å². The first-order chi connectivity index (χ1) is 14.3. The van der Waals surface area contributed by atoms with Crippen LogP contribution in [0.3, 0.4) is 0 Å². The number of ether oxygens (including phenoxy) is 2. The summed E-state index contributed by atoms with van der Waals surface area (Å²) in [6.07, 6.45) is 0.361. The number of benzene rings is 1. The molecule has 2 N–H and O–H groups in total. The molecule has 1 aromatic carbocycles.